The molecule has 0 aliphatic rings. The van der Waals surface area contributed by atoms with E-state index in [0.29, 0.717) is 0 Å². The lowest BCUT2D eigenvalue weighted by molar-refractivity contribution is 1.34. The second-order valence-electron chi connectivity index (χ2n) is 9.52. The van der Waals surface area contributed by atoms with Gasteiger partial charge in [0.2, 0.25) is 0 Å². The number of fused-ring (bicyclic) bond motifs is 8. The summed E-state index contributed by atoms with van der Waals surface area (Å²) in [5.41, 5.74) is 5.63. The van der Waals surface area contributed by atoms with E-state index in [1.807, 2.05) is 18.2 Å². The van der Waals surface area contributed by atoms with Gasteiger partial charge in [-0.2, -0.15) is 0 Å². The summed E-state index contributed by atoms with van der Waals surface area (Å²) < 4.78 is 0. The van der Waals surface area contributed by atoms with E-state index in [4.69, 9.17) is 9.97 Å². The van der Waals surface area contributed by atoms with Crippen LogP contribution >= 0.6 is 0 Å². The molecule has 0 aliphatic carbocycles. The SMILES string of the molecule is C=C/C=C(\C=C)c1ccc2ccc3ccc(-c4cc5ccc6ccccc6c5c5ccccc45)nc3c2n1. The third kappa shape index (κ3) is 3.42. The Morgan fingerprint density at radius 1 is 0.579 bits per heavy atom. The van der Waals surface area contributed by atoms with Gasteiger partial charge < -0.3 is 0 Å². The fourth-order valence-corrected chi connectivity index (χ4v) is 5.55. The van der Waals surface area contributed by atoms with Crippen molar-refractivity contribution in [1.29, 1.82) is 0 Å². The molecule has 7 aromatic rings. The van der Waals surface area contributed by atoms with Gasteiger partial charge in [0.15, 0.2) is 0 Å². The maximum atomic E-state index is 5.24. The van der Waals surface area contributed by atoms with Crippen LogP contribution in [0.3, 0.4) is 0 Å². The smallest absolute Gasteiger partial charge is 0.0972 e. The van der Waals surface area contributed by atoms with E-state index < -0.39 is 0 Å². The molecule has 0 spiro atoms. The number of nitrogens with zero attached hydrogens (tertiary/aromatic N) is 2. The average Bonchev–Trinajstić information content (AvgIpc) is 2.98. The third-order valence-electron chi connectivity index (χ3n) is 7.36. The first-order valence-corrected chi connectivity index (χ1v) is 12.7. The van der Waals surface area contributed by atoms with Crippen molar-refractivity contribution in [2.24, 2.45) is 0 Å². The molecule has 0 bridgehead atoms. The minimum absolute atomic E-state index is 0.857. The fraction of sp³-hybridized carbons (Fsp3) is 0. The number of aromatic nitrogens is 2. The fourth-order valence-electron chi connectivity index (χ4n) is 5.55. The van der Waals surface area contributed by atoms with Gasteiger partial charge in [-0.05, 0) is 56.1 Å². The van der Waals surface area contributed by atoms with Crippen LogP contribution in [-0.2, 0) is 0 Å². The van der Waals surface area contributed by atoms with Crippen molar-refractivity contribution >= 4 is 59.7 Å². The molecule has 0 saturated carbocycles. The summed E-state index contributed by atoms with van der Waals surface area (Å²) in [7, 11) is 0. The van der Waals surface area contributed by atoms with E-state index in [1.165, 1.54) is 32.3 Å². The van der Waals surface area contributed by atoms with Crippen LogP contribution < -0.4 is 0 Å². The minimum Gasteiger partial charge on any atom is -0.245 e. The molecule has 2 nitrogen and oxygen atoms in total. The molecule has 38 heavy (non-hydrogen) atoms. The molecule has 7 rings (SSSR count). The lowest BCUT2D eigenvalue weighted by Gasteiger charge is -2.13. The second-order valence-corrected chi connectivity index (χ2v) is 9.52. The largest absolute Gasteiger partial charge is 0.245 e. The molecule has 178 valence electrons. The molecule has 2 heteroatoms. The van der Waals surface area contributed by atoms with Crippen molar-refractivity contribution in [3.8, 4) is 11.3 Å². The molecule has 0 unspecified atom stereocenters. The predicted octanol–water partition coefficient (Wildman–Crippen LogP) is 9.66. The Balaban J connectivity index is 1.53. The van der Waals surface area contributed by atoms with E-state index in [0.717, 1.165) is 44.3 Å². The summed E-state index contributed by atoms with van der Waals surface area (Å²) in [5.74, 6) is 0. The van der Waals surface area contributed by atoms with Crippen molar-refractivity contribution in [1.82, 2.24) is 9.97 Å². The number of allylic oxidation sites excluding steroid dienone is 4. The van der Waals surface area contributed by atoms with Gasteiger partial charge in [-0.25, -0.2) is 9.97 Å². The monoisotopic (exact) mass is 484 g/mol. The summed E-state index contributed by atoms with van der Waals surface area (Å²) >= 11 is 0. The van der Waals surface area contributed by atoms with Crippen molar-refractivity contribution < 1.29 is 0 Å². The Kier molecular flexibility index (Phi) is 5.12. The standard InChI is InChI=1S/C36H24N2/c1-3-9-23(4-2)32-20-18-25-15-16-26-19-21-33(38-36(26)35(25)37-32)31-22-27-17-14-24-10-5-6-11-28(24)34(27)30-13-8-7-12-29(30)31/h3-22H,1-2H2/b23-9+. The summed E-state index contributed by atoms with van der Waals surface area (Å²) in [6.45, 7) is 7.78. The first kappa shape index (κ1) is 22.1. The molecule has 5 aromatic carbocycles. The zero-order chi connectivity index (χ0) is 25.6. The Morgan fingerprint density at radius 3 is 2.00 bits per heavy atom. The molecule has 0 atom stereocenters. The number of hydrogen-bond donors (Lipinski definition) is 0. The first-order chi connectivity index (χ1) is 18.7. The number of benzene rings is 5. The van der Waals surface area contributed by atoms with Crippen molar-refractivity contribution in [2.45, 2.75) is 0 Å². The summed E-state index contributed by atoms with van der Waals surface area (Å²) in [6.07, 6.45) is 5.50. The van der Waals surface area contributed by atoms with Gasteiger partial charge in [0.25, 0.3) is 0 Å². The molecular formula is C36H24N2. The van der Waals surface area contributed by atoms with E-state index in [9.17, 15) is 0 Å². The van der Waals surface area contributed by atoms with Gasteiger partial charge in [-0.15, -0.1) is 0 Å². The van der Waals surface area contributed by atoms with E-state index in [-0.39, 0.29) is 0 Å². The molecule has 0 radical (unpaired) electrons. The maximum absolute atomic E-state index is 5.24. The van der Waals surface area contributed by atoms with Gasteiger partial charge in [-0.1, -0.05) is 116 Å². The summed E-state index contributed by atoms with van der Waals surface area (Å²) in [6, 6.07) is 36.6. The lowest BCUT2D eigenvalue weighted by atomic mass is 9.92. The predicted molar refractivity (Wildman–Crippen MR) is 163 cm³/mol. The molecule has 0 aliphatic heterocycles. The van der Waals surface area contributed by atoms with Crippen LogP contribution in [0, 0.1) is 0 Å². The van der Waals surface area contributed by atoms with Crippen molar-refractivity contribution in [3.63, 3.8) is 0 Å². The molecular weight excluding hydrogens is 460 g/mol. The number of rotatable bonds is 4. The number of pyridine rings is 2. The van der Waals surface area contributed by atoms with E-state index in [1.54, 1.807) is 6.08 Å². The average molecular weight is 485 g/mol. The highest BCUT2D eigenvalue weighted by Crippen LogP contribution is 2.38. The van der Waals surface area contributed by atoms with Gasteiger partial charge in [0.05, 0.1) is 22.4 Å². The van der Waals surface area contributed by atoms with Crippen LogP contribution in [0.2, 0.25) is 0 Å². The van der Waals surface area contributed by atoms with E-state index >= 15 is 0 Å². The highest BCUT2D eigenvalue weighted by atomic mass is 14.8. The van der Waals surface area contributed by atoms with Crippen LogP contribution in [0.1, 0.15) is 5.69 Å². The highest BCUT2D eigenvalue weighted by Gasteiger charge is 2.14. The van der Waals surface area contributed by atoms with E-state index in [2.05, 4.69) is 110 Å². The Morgan fingerprint density at radius 2 is 1.21 bits per heavy atom. The van der Waals surface area contributed by atoms with Gasteiger partial charge in [-0.3, -0.25) is 0 Å². The summed E-state index contributed by atoms with van der Waals surface area (Å²) in [5, 5.41) is 9.57. The van der Waals surface area contributed by atoms with Gasteiger partial charge >= 0.3 is 0 Å². The maximum Gasteiger partial charge on any atom is 0.0972 e. The lowest BCUT2D eigenvalue weighted by Crippen LogP contribution is -1.93. The molecule has 0 amide bonds. The van der Waals surface area contributed by atoms with Crippen LogP contribution in [-0.4, -0.2) is 9.97 Å². The zero-order valence-corrected chi connectivity index (χ0v) is 20.9. The van der Waals surface area contributed by atoms with Gasteiger partial charge in [0, 0.05) is 16.3 Å². The first-order valence-electron chi connectivity index (χ1n) is 12.7. The topological polar surface area (TPSA) is 25.8 Å². The van der Waals surface area contributed by atoms with Crippen LogP contribution in [0.5, 0.6) is 0 Å². The highest BCUT2D eigenvalue weighted by molar-refractivity contribution is 6.23. The van der Waals surface area contributed by atoms with Crippen LogP contribution in [0.4, 0.5) is 0 Å². The van der Waals surface area contributed by atoms with Crippen molar-refractivity contribution in [2.75, 3.05) is 0 Å². The van der Waals surface area contributed by atoms with Gasteiger partial charge in [0.1, 0.15) is 0 Å². The molecule has 0 fully saturated rings. The normalized spacial score (nSPS) is 12.1. The van der Waals surface area contributed by atoms with Crippen LogP contribution in [0.15, 0.2) is 135 Å². The second kappa shape index (κ2) is 8.79. The molecule has 0 saturated heterocycles. The third-order valence-corrected chi connectivity index (χ3v) is 7.36. The van der Waals surface area contributed by atoms with Crippen molar-refractivity contribution in [3.05, 3.63) is 140 Å². The molecule has 0 N–H and O–H groups in total. The molecule has 2 heterocycles. The Labute approximate surface area is 220 Å². The molecule has 2 aromatic heterocycles. The minimum atomic E-state index is 0.857. The van der Waals surface area contributed by atoms with Crippen LogP contribution in [0.25, 0.3) is 71.0 Å². The summed E-state index contributed by atoms with van der Waals surface area (Å²) in [4.78, 5) is 10.3. The zero-order valence-electron chi connectivity index (χ0n) is 20.9. The Bertz CT molecular complexity index is 2110. The number of hydrogen-bond acceptors (Lipinski definition) is 2. The quantitative estimate of drug-likeness (QED) is 0.184. The Hall–Kier alpha value is -5.08.